The lowest BCUT2D eigenvalue weighted by Crippen LogP contribution is -2.28. The summed E-state index contributed by atoms with van der Waals surface area (Å²) in [5, 5.41) is 2.41. The van der Waals surface area contributed by atoms with Gasteiger partial charge in [0.2, 0.25) is 5.91 Å². The maximum atomic E-state index is 11.6. The molecule has 0 bridgehead atoms. The number of hydrogen-bond acceptors (Lipinski definition) is 1. The lowest BCUT2D eigenvalue weighted by atomic mass is 10.0. The number of benzene rings is 2. The predicted octanol–water partition coefficient (Wildman–Crippen LogP) is 3.37. The van der Waals surface area contributed by atoms with E-state index in [0.29, 0.717) is 13.1 Å². The monoisotopic (exact) mass is 239 g/mol. The third-order valence-electron chi connectivity index (χ3n) is 3.04. The second-order valence-electron chi connectivity index (χ2n) is 4.33. The van der Waals surface area contributed by atoms with Crippen LogP contribution >= 0.6 is 0 Å². The number of hydrogen-bond donors (Lipinski definition) is 0. The zero-order valence-electron chi connectivity index (χ0n) is 10.6. The number of nitrogens with zero attached hydrogens (tertiary/aromatic N) is 1. The molecule has 2 heteroatoms. The highest BCUT2D eigenvalue weighted by Crippen LogP contribution is 2.19. The molecule has 2 rings (SSSR count). The Bertz CT molecular complexity index is 569. The molecule has 0 unspecified atom stereocenters. The summed E-state index contributed by atoms with van der Waals surface area (Å²) in [5.74, 6) is 0.0721. The highest BCUT2D eigenvalue weighted by atomic mass is 16.2. The van der Waals surface area contributed by atoms with Gasteiger partial charge in [0, 0.05) is 20.0 Å². The van der Waals surface area contributed by atoms with Crippen molar-refractivity contribution in [1.29, 1.82) is 0 Å². The second-order valence-corrected chi connectivity index (χ2v) is 4.33. The summed E-state index contributed by atoms with van der Waals surface area (Å²) in [5.41, 5.74) is 1.17. The van der Waals surface area contributed by atoms with Gasteiger partial charge >= 0.3 is 0 Å². The van der Waals surface area contributed by atoms with Crippen molar-refractivity contribution in [3.63, 3.8) is 0 Å². The van der Waals surface area contributed by atoms with Crippen LogP contribution < -0.4 is 0 Å². The lowest BCUT2D eigenvalue weighted by molar-refractivity contribution is -0.128. The SMILES string of the molecule is C=CCN(Cc1cccc2ccccc12)C(C)=O. The van der Waals surface area contributed by atoms with Gasteiger partial charge in [0.05, 0.1) is 0 Å². The van der Waals surface area contributed by atoms with Crippen LogP contribution in [-0.4, -0.2) is 17.4 Å². The highest BCUT2D eigenvalue weighted by molar-refractivity contribution is 5.86. The number of fused-ring (bicyclic) bond motifs is 1. The Kier molecular flexibility index (Phi) is 3.78. The lowest BCUT2D eigenvalue weighted by Gasteiger charge is -2.20. The Morgan fingerprint density at radius 1 is 1.22 bits per heavy atom. The molecule has 0 spiro atoms. The molecule has 2 aromatic rings. The zero-order chi connectivity index (χ0) is 13.0. The Balaban J connectivity index is 2.36. The van der Waals surface area contributed by atoms with Gasteiger partial charge in [-0.25, -0.2) is 0 Å². The van der Waals surface area contributed by atoms with E-state index in [2.05, 4.69) is 30.8 Å². The van der Waals surface area contributed by atoms with Crippen LogP contribution in [0.4, 0.5) is 0 Å². The molecule has 92 valence electrons. The average Bonchev–Trinajstić information content (AvgIpc) is 2.38. The summed E-state index contributed by atoms with van der Waals surface area (Å²) in [6.45, 7) is 6.49. The maximum absolute atomic E-state index is 11.6. The topological polar surface area (TPSA) is 20.3 Å². The van der Waals surface area contributed by atoms with Crippen LogP contribution in [0.1, 0.15) is 12.5 Å². The van der Waals surface area contributed by atoms with Crippen molar-refractivity contribution in [2.24, 2.45) is 0 Å². The second kappa shape index (κ2) is 5.50. The Morgan fingerprint density at radius 2 is 1.94 bits per heavy atom. The minimum atomic E-state index is 0.0721. The van der Waals surface area contributed by atoms with E-state index in [1.165, 1.54) is 16.3 Å². The van der Waals surface area contributed by atoms with Crippen LogP contribution in [-0.2, 0) is 11.3 Å². The molecule has 0 saturated heterocycles. The van der Waals surface area contributed by atoms with Crippen LogP contribution in [0.3, 0.4) is 0 Å². The summed E-state index contributed by atoms with van der Waals surface area (Å²) in [4.78, 5) is 13.3. The molecule has 18 heavy (non-hydrogen) atoms. The van der Waals surface area contributed by atoms with E-state index in [9.17, 15) is 4.79 Å². The van der Waals surface area contributed by atoms with Gasteiger partial charge in [0.15, 0.2) is 0 Å². The van der Waals surface area contributed by atoms with Crippen molar-refractivity contribution in [1.82, 2.24) is 4.90 Å². The third kappa shape index (κ3) is 2.59. The minimum absolute atomic E-state index is 0.0721. The molecular formula is C16H17NO. The summed E-state index contributed by atoms with van der Waals surface area (Å²) in [6, 6.07) is 14.4. The molecule has 1 amide bonds. The summed E-state index contributed by atoms with van der Waals surface area (Å²) >= 11 is 0. The highest BCUT2D eigenvalue weighted by Gasteiger charge is 2.09. The fraction of sp³-hybridized carbons (Fsp3) is 0.188. The third-order valence-corrected chi connectivity index (χ3v) is 3.04. The molecular weight excluding hydrogens is 222 g/mol. The number of carbonyl (C=O) groups excluding carboxylic acids is 1. The molecule has 0 atom stereocenters. The van der Waals surface area contributed by atoms with E-state index >= 15 is 0 Å². The summed E-state index contributed by atoms with van der Waals surface area (Å²) in [6.07, 6.45) is 1.76. The van der Waals surface area contributed by atoms with Gasteiger partial charge < -0.3 is 4.90 Å². The van der Waals surface area contributed by atoms with Gasteiger partial charge in [-0.05, 0) is 16.3 Å². The smallest absolute Gasteiger partial charge is 0.220 e. The van der Waals surface area contributed by atoms with Gasteiger partial charge in [-0.1, -0.05) is 48.5 Å². The van der Waals surface area contributed by atoms with Gasteiger partial charge in [0.25, 0.3) is 0 Å². The molecule has 0 heterocycles. The molecule has 2 aromatic carbocycles. The van der Waals surface area contributed by atoms with Crippen molar-refractivity contribution < 1.29 is 4.79 Å². The first-order valence-electron chi connectivity index (χ1n) is 6.05. The van der Waals surface area contributed by atoms with Crippen molar-refractivity contribution >= 4 is 16.7 Å². The van der Waals surface area contributed by atoms with Crippen LogP contribution in [0.25, 0.3) is 10.8 Å². The maximum Gasteiger partial charge on any atom is 0.220 e. The Morgan fingerprint density at radius 3 is 2.67 bits per heavy atom. The van der Waals surface area contributed by atoms with Crippen LogP contribution in [0.15, 0.2) is 55.1 Å². The first-order valence-corrected chi connectivity index (χ1v) is 6.05. The average molecular weight is 239 g/mol. The first-order chi connectivity index (χ1) is 8.72. The van der Waals surface area contributed by atoms with E-state index in [0.717, 1.165) is 0 Å². The molecule has 0 aliphatic heterocycles. The fourth-order valence-corrected chi connectivity index (χ4v) is 2.10. The van der Waals surface area contributed by atoms with E-state index in [4.69, 9.17) is 0 Å². The van der Waals surface area contributed by atoms with Gasteiger partial charge in [-0.15, -0.1) is 6.58 Å². The standard InChI is InChI=1S/C16H17NO/c1-3-11-17(13(2)18)12-15-9-6-8-14-7-4-5-10-16(14)15/h3-10H,1,11-12H2,2H3. The van der Waals surface area contributed by atoms with Crippen LogP contribution in [0.5, 0.6) is 0 Å². The van der Waals surface area contributed by atoms with E-state index < -0.39 is 0 Å². The molecule has 0 fully saturated rings. The first kappa shape index (κ1) is 12.4. The number of rotatable bonds is 4. The van der Waals surface area contributed by atoms with E-state index in [1.54, 1.807) is 17.9 Å². The molecule has 0 radical (unpaired) electrons. The largest absolute Gasteiger partial charge is 0.335 e. The molecule has 2 nitrogen and oxygen atoms in total. The van der Waals surface area contributed by atoms with Gasteiger partial charge in [-0.3, -0.25) is 4.79 Å². The Labute approximate surface area is 108 Å². The van der Waals surface area contributed by atoms with Crippen molar-refractivity contribution in [3.8, 4) is 0 Å². The normalized spacial score (nSPS) is 10.3. The van der Waals surface area contributed by atoms with Crippen LogP contribution in [0, 0.1) is 0 Å². The van der Waals surface area contributed by atoms with E-state index in [-0.39, 0.29) is 5.91 Å². The molecule has 0 aromatic heterocycles. The summed E-state index contributed by atoms with van der Waals surface area (Å²) in [7, 11) is 0. The molecule has 0 saturated carbocycles. The summed E-state index contributed by atoms with van der Waals surface area (Å²) < 4.78 is 0. The van der Waals surface area contributed by atoms with Crippen LogP contribution in [0.2, 0.25) is 0 Å². The Hall–Kier alpha value is -2.09. The number of amides is 1. The molecule has 0 N–H and O–H groups in total. The molecule has 0 aliphatic rings. The zero-order valence-corrected chi connectivity index (χ0v) is 10.6. The van der Waals surface area contributed by atoms with Gasteiger partial charge in [-0.2, -0.15) is 0 Å². The quantitative estimate of drug-likeness (QED) is 0.749. The van der Waals surface area contributed by atoms with Gasteiger partial charge in [0.1, 0.15) is 0 Å². The van der Waals surface area contributed by atoms with E-state index in [1.807, 2.05) is 18.2 Å². The molecule has 0 aliphatic carbocycles. The van der Waals surface area contributed by atoms with Crippen molar-refractivity contribution in [2.45, 2.75) is 13.5 Å². The fourth-order valence-electron chi connectivity index (χ4n) is 2.10. The van der Waals surface area contributed by atoms with Crippen molar-refractivity contribution in [2.75, 3.05) is 6.54 Å². The number of carbonyl (C=O) groups is 1. The predicted molar refractivity (Wildman–Crippen MR) is 75.2 cm³/mol. The van der Waals surface area contributed by atoms with Crippen molar-refractivity contribution in [3.05, 3.63) is 60.7 Å². The minimum Gasteiger partial charge on any atom is -0.335 e.